The summed E-state index contributed by atoms with van der Waals surface area (Å²) in [6.45, 7) is 0. The molecule has 0 radical (unpaired) electrons. The lowest BCUT2D eigenvalue weighted by molar-refractivity contribution is 0.477. The molecule has 6 nitrogen and oxygen atoms in total. The molecule has 0 saturated carbocycles. The zero-order valence-corrected chi connectivity index (χ0v) is 15.2. The lowest BCUT2D eigenvalue weighted by Crippen LogP contribution is -2.15. The SMILES string of the molecule is c1ccc2c(c1)Oc1ccccc1N2c1ccc(-c2nc3ccncc3o2)nc1. The van der Waals surface area contributed by atoms with Crippen molar-refractivity contribution >= 4 is 28.2 Å². The summed E-state index contributed by atoms with van der Waals surface area (Å²) in [4.78, 5) is 15.3. The first-order chi connectivity index (χ1) is 14.4. The van der Waals surface area contributed by atoms with Gasteiger partial charge in [0.25, 0.3) is 0 Å². The van der Waals surface area contributed by atoms with E-state index in [0.717, 1.165) is 34.1 Å². The van der Waals surface area contributed by atoms with Crippen LogP contribution in [0.5, 0.6) is 11.5 Å². The standard InChI is InChI=1S/C23H14N4O2/c1-3-7-20-18(5-1)27(19-6-2-4-8-21(19)28-20)15-9-10-17(25-13-15)23-26-16-11-12-24-14-22(16)29-23/h1-14H. The molecule has 5 aromatic rings. The maximum atomic E-state index is 6.06. The Kier molecular flexibility index (Phi) is 3.37. The van der Waals surface area contributed by atoms with Crippen molar-refractivity contribution in [2.75, 3.05) is 4.90 Å². The highest BCUT2D eigenvalue weighted by atomic mass is 16.5. The molecule has 0 atom stereocenters. The van der Waals surface area contributed by atoms with E-state index in [1.165, 1.54) is 0 Å². The van der Waals surface area contributed by atoms with E-state index in [4.69, 9.17) is 9.15 Å². The molecular formula is C23H14N4O2. The van der Waals surface area contributed by atoms with Crippen molar-refractivity contribution in [2.45, 2.75) is 0 Å². The van der Waals surface area contributed by atoms with Gasteiger partial charge in [-0.1, -0.05) is 24.3 Å². The Morgan fingerprint density at radius 1 is 0.759 bits per heavy atom. The van der Waals surface area contributed by atoms with Crippen LogP contribution < -0.4 is 9.64 Å². The number of fused-ring (bicyclic) bond motifs is 3. The van der Waals surface area contributed by atoms with Crippen molar-refractivity contribution in [3.05, 3.63) is 85.3 Å². The number of ether oxygens (including phenoxy) is 1. The molecular weight excluding hydrogens is 364 g/mol. The first-order valence-corrected chi connectivity index (χ1v) is 9.20. The largest absolute Gasteiger partial charge is 0.453 e. The minimum absolute atomic E-state index is 0.474. The van der Waals surface area contributed by atoms with Gasteiger partial charge in [-0.05, 0) is 42.5 Å². The fourth-order valence-electron chi connectivity index (χ4n) is 3.52. The summed E-state index contributed by atoms with van der Waals surface area (Å²) in [6.07, 6.45) is 5.17. The molecule has 0 bridgehead atoms. The van der Waals surface area contributed by atoms with Gasteiger partial charge < -0.3 is 14.1 Å². The molecule has 0 saturated heterocycles. The van der Waals surface area contributed by atoms with Crippen LogP contribution in [0.4, 0.5) is 17.1 Å². The average molecular weight is 378 g/mol. The number of anilines is 3. The number of hydrogen-bond acceptors (Lipinski definition) is 6. The van der Waals surface area contributed by atoms with Crippen LogP contribution in [0.25, 0.3) is 22.7 Å². The third-order valence-electron chi connectivity index (χ3n) is 4.85. The Labute approximate surface area is 166 Å². The Morgan fingerprint density at radius 2 is 1.52 bits per heavy atom. The van der Waals surface area contributed by atoms with Crippen LogP contribution in [0.1, 0.15) is 0 Å². The summed E-state index contributed by atoms with van der Waals surface area (Å²) in [5, 5.41) is 0. The number of rotatable bonds is 2. The maximum Gasteiger partial charge on any atom is 0.246 e. The van der Waals surface area contributed by atoms with Crippen LogP contribution in [-0.4, -0.2) is 15.0 Å². The van der Waals surface area contributed by atoms with Crippen molar-refractivity contribution in [1.82, 2.24) is 15.0 Å². The van der Waals surface area contributed by atoms with Gasteiger partial charge in [-0.2, -0.15) is 0 Å². The Morgan fingerprint density at radius 3 is 2.21 bits per heavy atom. The molecule has 0 aliphatic carbocycles. The van der Waals surface area contributed by atoms with E-state index in [1.54, 1.807) is 12.4 Å². The highest BCUT2D eigenvalue weighted by molar-refractivity contribution is 5.86. The van der Waals surface area contributed by atoms with E-state index in [0.29, 0.717) is 17.2 Å². The molecule has 2 aromatic carbocycles. The summed E-state index contributed by atoms with van der Waals surface area (Å²) in [5.74, 6) is 2.09. The van der Waals surface area contributed by atoms with E-state index in [2.05, 4.69) is 19.9 Å². The molecule has 0 fully saturated rings. The van der Waals surface area contributed by atoms with Gasteiger partial charge in [-0.3, -0.25) is 4.98 Å². The zero-order valence-electron chi connectivity index (χ0n) is 15.2. The van der Waals surface area contributed by atoms with Gasteiger partial charge in [0.1, 0.15) is 11.2 Å². The third kappa shape index (κ3) is 2.54. The monoisotopic (exact) mass is 378 g/mol. The molecule has 0 unspecified atom stereocenters. The van der Waals surface area contributed by atoms with Gasteiger partial charge >= 0.3 is 0 Å². The van der Waals surface area contributed by atoms with E-state index in [9.17, 15) is 0 Å². The summed E-state index contributed by atoms with van der Waals surface area (Å²) in [6, 6.07) is 21.7. The predicted octanol–water partition coefficient (Wildman–Crippen LogP) is 5.86. The molecule has 6 heteroatoms. The summed E-state index contributed by atoms with van der Waals surface area (Å²) in [5.41, 5.74) is 4.93. The lowest BCUT2D eigenvalue weighted by Gasteiger charge is -2.32. The second kappa shape index (κ2) is 6.17. The number of nitrogens with zero attached hydrogens (tertiary/aromatic N) is 4. The van der Waals surface area contributed by atoms with Crippen LogP contribution >= 0.6 is 0 Å². The fraction of sp³-hybridized carbons (Fsp3) is 0. The van der Waals surface area contributed by atoms with Crippen LogP contribution in [0, 0.1) is 0 Å². The molecule has 1 aliphatic heterocycles. The second-order valence-electron chi connectivity index (χ2n) is 6.64. The third-order valence-corrected chi connectivity index (χ3v) is 4.85. The zero-order chi connectivity index (χ0) is 19.2. The van der Waals surface area contributed by atoms with Gasteiger partial charge in [0, 0.05) is 6.20 Å². The fourth-order valence-corrected chi connectivity index (χ4v) is 3.52. The molecule has 138 valence electrons. The maximum absolute atomic E-state index is 6.06. The topological polar surface area (TPSA) is 64.3 Å². The molecule has 0 N–H and O–H groups in total. The van der Waals surface area contributed by atoms with Crippen molar-refractivity contribution < 1.29 is 9.15 Å². The first-order valence-electron chi connectivity index (χ1n) is 9.20. The molecule has 1 aliphatic rings. The Bertz CT molecular complexity index is 1270. The number of aromatic nitrogens is 3. The molecule has 3 aromatic heterocycles. The number of oxazole rings is 1. The summed E-state index contributed by atoms with van der Waals surface area (Å²) in [7, 11) is 0. The minimum atomic E-state index is 0.474. The number of benzene rings is 2. The number of hydrogen-bond donors (Lipinski definition) is 0. The Balaban J connectivity index is 1.44. The molecule has 0 spiro atoms. The average Bonchev–Trinajstić information content (AvgIpc) is 3.22. The summed E-state index contributed by atoms with van der Waals surface area (Å²) < 4.78 is 11.8. The van der Waals surface area contributed by atoms with E-state index < -0.39 is 0 Å². The van der Waals surface area contributed by atoms with Crippen LogP contribution in [0.3, 0.4) is 0 Å². The van der Waals surface area contributed by atoms with E-state index in [1.807, 2.05) is 72.9 Å². The Hall–Kier alpha value is -4.19. The van der Waals surface area contributed by atoms with Crippen molar-refractivity contribution in [2.24, 2.45) is 0 Å². The first kappa shape index (κ1) is 15.8. The molecule has 6 rings (SSSR count). The van der Waals surface area contributed by atoms with Gasteiger partial charge in [-0.15, -0.1) is 0 Å². The van der Waals surface area contributed by atoms with Gasteiger partial charge in [-0.25, -0.2) is 9.97 Å². The quantitative estimate of drug-likeness (QED) is 0.376. The molecule has 29 heavy (non-hydrogen) atoms. The highest BCUT2D eigenvalue weighted by Crippen LogP contribution is 2.49. The predicted molar refractivity (Wildman–Crippen MR) is 110 cm³/mol. The lowest BCUT2D eigenvalue weighted by atomic mass is 10.1. The smallest absolute Gasteiger partial charge is 0.246 e. The van der Waals surface area contributed by atoms with Gasteiger partial charge in [0.15, 0.2) is 17.1 Å². The van der Waals surface area contributed by atoms with Crippen molar-refractivity contribution in [1.29, 1.82) is 0 Å². The molecule has 4 heterocycles. The molecule has 0 amide bonds. The van der Waals surface area contributed by atoms with E-state index in [-0.39, 0.29) is 0 Å². The van der Waals surface area contributed by atoms with Crippen LogP contribution in [0.15, 0.2) is 89.7 Å². The summed E-state index contributed by atoms with van der Waals surface area (Å²) >= 11 is 0. The van der Waals surface area contributed by atoms with Crippen molar-refractivity contribution in [3.8, 4) is 23.1 Å². The van der Waals surface area contributed by atoms with Gasteiger partial charge in [0.05, 0.1) is 29.5 Å². The number of para-hydroxylation sites is 4. The van der Waals surface area contributed by atoms with Crippen molar-refractivity contribution in [3.63, 3.8) is 0 Å². The van der Waals surface area contributed by atoms with E-state index >= 15 is 0 Å². The van der Waals surface area contributed by atoms with Crippen LogP contribution in [0.2, 0.25) is 0 Å². The normalized spacial score (nSPS) is 12.3. The minimum Gasteiger partial charge on any atom is -0.453 e. The second-order valence-corrected chi connectivity index (χ2v) is 6.64. The highest BCUT2D eigenvalue weighted by Gasteiger charge is 2.25. The van der Waals surface area contributed by atoms with Gasteiger partial charge in [0.2, 0.25) is 5.89 Å². The number of pyridine rings is 2. The van der Waals surface area contributed by atoms with Crippen LogP contribution in [-0.2, 0) is 0 Å².